The van der Waals surface area contributed by atoms with Gasteiger partial charge in [0.2, 0.25) is 5.82 Å². The third-order valence-electron chi connectivity index (χ3n) is 4.92. The lowest BCUT2D eigenvalue weighted by Crippen LogP contribution is -2.42. The molecule has 0 aromatic carbocycles. The number of rotatable bonds is 2. The summed E-state index contributed by atoms with van der Waals surface area (Å²) in [6.45, 7) is 2.33. The van der Waals surface area contributed by atoms with E-state index in [4.69, 9.17) is 5.10 Å². The second-order valence-corrected chi connectivity index (χ2v) is 6.66. The number of fused-ring (bicyclic) bond motifs is 2. The number of imidazole rings is 1. The highest BCUT2D eigenvalue weighted by Crippen LogP contribution is 2.34. The quantitative estimate of drug-likeness (QED) is 0.579. The van der Waals surface area contributed by atoms with E-state index in [2.05, 4.69) is 20.1 Å². The molecule has 4 aromatic rings. The SMILES string of the molecule is Cc1nc(C(=O)N2CCc3[nH]cnc3C2c2cc3ccccn3n2)n(C)n1. The van der Waals surface area contributed by atoms with Crippen LogP contribution in [-0.4, -0.2) is 51.7 Å². The number of nitrogens with zero attached hydrogens (tertiary/aromatic N) is 7. The Balaban J connectivity index is 1.64. The normalized spacial score (nSPS) is 16.7. The monoisotopic (exact) mass is 362 g/mol. The predicted octanol–water partition coefficient (Wildman–Crippen LogP) is 1.28. The van der Waals surface area contributed by atoms with Crippen LogP contribution in [0.5, 0.6) is 0 Å². The van der Waals surface area contributed by atoms with E-state index in [1.54, 1.807) is 25.2 Å². The lowest BCUT2D eigenvalue weighted by atomic mass is 9.99. The fourth-order valence-electron chi connectivity index (χ4n) is 3.71. The van der Waals surface area contributed by atoms with E-state index in [1.807, 2.05) is 35.0 Å². The highest BCUT2D eigenvalue weighted by Gasteiger charge is 2.37. The summed E-state index contributed by atoms with van der Waals surface area (Å²) in [5.41, 5.74) is 3.62. The van der Waals surface area contributed by atoms with Gasteiger partial charge in [0.1, 0.15) is 11.9 Å². The zero-order chi connectivity index (χ0) is 18.5. The van der Waals surface area contributed by atoms with Crippen LogP contribution in [0.4, 0.5) is 0 Å². The molecule has 0 spiro atoms. The van der Waals surface area contributed by atoms with Gasteiger partial charge in [-0.3, -0.25) is 4.79 Å². The third kappa shape index (κ3) is 2.42. The first-order valence-corrected chi connectivity index (χ1v) is 8.77. The van der Waals surface area contributed by atoms with Gasteiger partial charge in [-0.2, -0.15) is 10.2 Å². The van der Waals surface area contributed by atoms with Crippen LogP contribution in [0.1, 0.15) is 39.6 Å². The van der Waals surface area contributed by atoms with Crippen molar-refractivity contribution in [2.75, 3.05) is 6.54 Å². The minimum absolute atomic E-state index is 0.172. The molecule has 5 heterocycles. The van der Waals surface area contributed by atoms with Gasteiger partial charge in [-0.15, -0.1) is 0 Å². The lowest BCUT2D eigenvalue weighted by Gasteiger charge is -2.33. The Morgan fingerprint density at radius 1 is 1.30 bits per heavy atom. The van der Waals surface area contributed by atoms with Crippen molar-refractivity contribution in [2.45, 2.75) is 19.4 Å². The first-order chi connectivity index (χ1) is 13.1. The van der Waals surface area contributed by atoms with Crippen molar-refractivity contribution in [1.82, 2.24) is 39.2 Å². The van der Waals surface area contributed by atoms with E-state index >= 15 is 0 Å². The smallest absolute Gasteiger partial charge is 0.292 e. The van der Waals surface area contributed by atoms with Gasteiger partial charge < -0.3 is 9.88 Å². The molecule has 9 nitrogen and oxygen atoms in total. The van der Waals surface area contributed by atoms with Crippen molar-refractivity contribution in [3.63, 3.8) is 0 Å². The molecule has 0 aliphatic carbocycles. The fraction of sp³-hybridized carbons (Fsp3) is 0.278. The zero-order valence-electron chi connectivity index (χ0n) is 15.0. The molecular weight excluding hydrogens is 344 g/mol. The number of aryl methyl sites for hydroxylation is 2. The molecule has 1 unspecified atom stereocenters. The molecule has 1 atom stereocenters. The second-order valence-electron chi connectivity index (χ2n) is 6.66. The number of aromatic amines is 1. The Hall–Kier alpha value is -3.49. The number of nitrogens with one attached hydrogen (secondary N) is 1. The number of H-pyrrole nitrogens is 1. The molecule has 5 rings (SSSR count). The Labute approximate surface area is 154 Å². The summed E-state index contributed by atoms with van der Waals surface area (Å²) in [7, 11) is 1.73. The van der Waals surface area contributed by atoms with Crippen LogP contribution in [-0.2, 0) is 13.5 Å². The summed E-state index contributed by atoms with van der Waals surface area (Å²) in [6, 6.07) is 7.51. The minimum Gasteiger partial charge on any atom is -0.348 e. The molecule has 4 aromatic heterocycles. The molecule has 1 amide bonds. The molecule has 0 saturated heterocycles. The Kier molecular flexibility index (Phi) is 3.36. The number of pyridine rings is 1. The molecule has 0 fully saturated rings. The van der Waals surface area contributed by atoms with Crippen molar-refractivity contribution in [2.24, 2.45) is 7.05 Å². The van der Waals surface area contributed by atoms with Gasteiger partial charge in [0, 0.05) is 31.9 Å². The van der Waals surface area contributed by atoms with Crippen LogP contribution < -0.4 is 0 Å². The number of amides is 1. The van der Waals surface area contributed by atoms with E-state index in [1.165, 1.54) is 4.68 Å². The van der Waals surface area contributed by atoms with Crippen LogP contribution in [0.2, 0.25) is 0 Å². The van der Waals surface area contributed by atoms with Crippen LogP contribution in [0, 0.1) is 6.92 Å². The third-order valence-corrected chi connectivity index (χ3v) is 4.92. The van der Waals surface area contributed by atoms with Gasteiger partial charge in [-0.25, -0.2) is 19.2 Å². The fourth-order valence-corrected chi connectivity index (χ4v) is 3.71. The summed E-state index contributed by atoms with van der Waals surface area (Å²) in [5.74, 6) is 0.719. The molecule has 27 heavy (non-hydrogen) atoms. The largest absolute Gasteiger partial charge is 0.348 e. The average Bonchev–Trinajstić information content (AvgIpc) is 3.37. The number of carbonyl (C=O) groups excluding carboxylic acids is 1. The van der Waals surface area contributed by atoms with Crippen LogP contribution in [0.25, 0.3) is 5.52 Å². The van der Waals surface area contributed by atoms with E-state index in [0.29, 0.717) is 24.6 Å². The summed E-state index contributed by atoms with van der Waals surface area (Å²) in [5, 5.41) is 8.91. The topological polar surface area (TPSA) is 97.0 Å². The van der Waals surface area contributed by atoms with E-state index in [-0.39, 0.29) is 11.9 Å². The van der Waals surface area contributed by atoms with Gasteiger partial charge in [-0.1, -0.05) is 6.07 Å². The molecule has 0 radical (unpaired) electrons. The molecule has 136 valence electrons. The number of hydrogen-bond acceptors (Lipinski definition) is 5. The summed E-state index contributed by atoms with van der Waals surface area (Å²) < 4.78 is 3.34. The Morgan fingerprint density at radius 3 is 2.96 bits per heavy atom. The second kappa shape index (κ2) is 5.76. The van der Waals surface area contributed by atoms with Crippen molar-refractivity contribution in [3.8, 4) is 0 Å². The van der Waals surface area contributed by atoms with Gasteiger partial charge in [0.25, 0.3) is 5.91 Å². The molecule has 1 N–H and O–H groups in total. The maximum Gasteiger partial charge on any atom is 0.292 e. The van der Waals surface area contributed by atoms with Crippen molar-refractivity contribution >= 4 is 11.4 Å². The number of carbonyl (C=O) groups is 1. The first kappa shape index (κ1) is 15.7. The zero-order valence-corrected chi connectivity index (χ0v) is 15.0. The van der Waals surface area contributed by atoms with E-state index in [9.17, 15) is 4.79 Å². The van der Waals surface area contributed by atoms with Gasteiger partial charge in [0.05, 0.1) is 23.2 Å². The lowest BCUT2D eigenvalue weighted by molar-refractivity contribution is 0.0669. The standard InChI is InChI=1S/C18H18N8O/c1-11-21-17(24(2)22-11)18(27)25-8-6-13-15(20-10-19-13)16(25)14-9-12-5-3-4-7-26(12)23-14/h3-5,7,9-10,16H,6,8H2,1-2H3,(H,19,20). The number of hydrogen-bond donors (Lipinski definition) is 1. The molecular formula is C18H18N8O. The maximum absolute atomic E-state index is 13.3. The maximum atomic E-state index is 13.3. The van der Waals surface area contributed by atoms with Gasteiger partial charge in [-0.05, 0) is 25.1 Å². The van der Waals surface area contributed by atoms with Crippen LogP contribution in [0.15, 0.2) is 36.8 Å². The summed E-state index contributed by atoms with van der Waals surface area (Å²) >= 11 is 0. The number of aromatic nitrogens is 7. The van der Waals surface area contributed by atoms with Crippen LogP contribution in [0.3, 0.4) is 0 Å². The Morgan fingerprint density at radius 2 is 2.19 bits per heavy atom. The van der Waals surface area contributed by atoms with Crippen molar-refractivity contribution in [3.05, 3.63) is 65.5 Å². The predicted molar refractivity (Wildman–Crippen MR) is 96.1 cm³/mol. The van der Waals surface area contributed by atoms with E-state index in [0.717, 1.165) is 22.6 Å². The molecule has 1 aliphatic heterocycles. The summed E-state index contributed by atoms with van der Waals surface area (Å²) in [4.78, 5) is 27.1. The highest BCUT2D eigenvalue weighted by atomic mass is 16.2. The molecule has 0 saturated carbocycles. The molecule has 0 bridgehead atoms. The first-order valence-electron chi connectivity index (χ1n) is 8.77. The minimum atomic E-state index is -0.371. The molecule has 1 aliphatic rings. The van der Waals surface area contributed by atoms with Crippen molar-refractivity contribution < 1.29 is 4.79 Å². The average molecular weight is 362 g/mol. The van der Waals surface area contributed by atoms with E-state index < -0.39 is 0 Å². The Bertz CT molecular complexity index is 1120. The van der Waals surface area contributed by atoms with Crippen LogP contribution >= 0.6 is 0 Å². The molecule has 9 heteroatoms. The van der Waals surface area contributed by atoms with Crippen molar-refractivity contribution in [1.29, 1.82) is 0 Å². The highest BCUT2D eigenvalue weighted by molar-refractivity contribution is 5.91. The van der Waals surface area contributed by atoms with Gasteiger partial charge in [0.15, 0.2) is 0 Å². The summed E-state index contributed by atoms with van der Waals surface area (Å²) in [6.07, 6.45) is 4.28. The van der Waals surface area contributed by atoms with Gasteiger partial charge >= 0.3 is 0 Å².